The topological polar surface area (TPSA) is 29.3 Å². The maximum atomic E-state index is 12.3. The second-order valence-corrected chi connectivity index (χ2v) is 3.92. The molecule has 2 nitrogen and oxygen atoms in total. The average molecular weight is 246 g/mol. The van der Waals surface area contributed by atoms with Crippen molar-refractivity contribution in [2.24, 2.45) is 5.73 Å². The van der Waals surface area contributed by atoms with Crippen LogP contribution in [0, 0.1) is 0 Å². The molecule has 1 rings (SSSR count). The van der Waals surface area contributed by atoms with Gasteiger partial charge in [-0.2, -0.15) is 13.2 Å². The molecule has 0 saturated heterocycles. The Labute approximate surface area is 99.2 Å². The quantitative estimate of drug-likeness (QED) is 0.832. The van der Waals surface area contributed by atoms with Gasteiger partial charge in [-0.05, 0) is 12.0 Å². The Bertz CT molecular complexity index is 311. The van der Waals surface area contributed by atoms with Gasteiger partial charge in [-0.25, -0.2) is 0 Å². The van der Waals surface area contributed by atoms with E-state index in [0.717, 1.165) is 5.56 Å². The average Bonchev–Trinajstić information content (AvgIpc) is 2.26. The number of rotatable bonds is 6. The van der Waals surface area contributed by atoms with Crippen molar-refractivity contribution in [1.82, 2.24) is 4.90 Å². The summed E-state index contributed by atoms with van der Waals surface area (Å²) >= 11 is 0. The lowest BCUT2D eigenvalue weighted by Crippen LogP contribution is -2.38. The summed E-state index contributed by atoms with van der Waals surface area (Å²) in [7, 11) is 0. The number of alkyl halides is 3. The molecule has 1 aromatic rings. The van der Waals surface area contributed by atoms with E-state index in [2.05, 4.69) is 0 Å². The van der Waals surface area contributed by atoms with Gasteiger partial charge in [0, 0.05) is 19.6 Å². The van der Waals surface area contributed by atoms with Crippen molar-refractivity contribution in [3.8, 4) is 0 Å². The van der Waals surface area contributed by atoms with E-state index in [1.54, 1.807) is 0 Å². The first-order valence-electron chi connectivity index (χ1n) is 5.54. The summed E-state index contributed by atoms with van der Waals surface area (Å²) in [4.78, 5) is 1.34. The zero-order chi connectivity index (χ0) is 12.7. The van der Waals surface area contributed by atoms with Crippen LogP contribution in [0.4, 0.5) is 13.2 Å². The van der Waals surface area contributed by atoms with Crippen molar-refractivity contribution in [2.75, 3.05) is 26.2 Å². The number of hydrogen-bond donors (Lipinski definition) is 1. The van der Waals surface area contributed by atoms with E-state index >= 15 is 0 Å². The van der Waals surface area contributed by atoms with Crippen LogP contribution in [-0.4, -0.2) is 37.3 Å². The Hall–Kier alpha value is -1.07. The molecule has 0 radical (unpaired) electrons. The van der Waals surface area contributed by atoms with Gasteiger partial charge >= 0.3 is 6.18 Å². The SMILES string of the molecule is NCCN(CCc1ccccc1)CC(F)(F)F. The summed E-state index contributed by atoms with van der Waals surface area (Å²) in [6.07, 6.45) is -3.55. The molecule has 0 heterocycles. The van der Waals surface area contributed by atoms with Crippen molar-refractivity contribution in [3.05, 3.63) is 35.9 Å². The van der Waals surface area contributed by atoms with Crippen molar-refractivity contribution in [1.29, 1.82) is 0 Å². The van der Waals surface area contributed by atoms with Crippen molar-refractivity contribution >= 4 is 0 Å². The number of nitrogens with zero attached hydrogens (tertiary/aromatic N) is 1. The van der Waals surface area contributed by atoms with Crippen molar-refractivity contribution in [2.45, 2.75) is 12.6 Å². The summed E-state index contributed by atoms with van der Waals surface area (Å²) in [6.45, 7) is -0.00499. The Morgan fingerprint density at radius 3 is 2.24 bits per heavy atom. The number of nitrogens with two attached hydrogens (primary N) is 1. The largest absolute Gasteiger partial charge is 0.401 e. The Kier molecular flexibility index (Phi) is 5.44. The van der Waals surface area contributed by atoms with Crippen LogP contribution >= 0.6 is 0 Å². The molecule has 96 valence electrons. The lowest BCUT2D eigenvalue weighted by Gasteiger charge is -2.22. The Morgan fingerprint density at radius 2 is 1.71 bits per heavy atom. The lowest BCUT2D eigenvalue weighted by molar-refractivity contribution is -0.145. The fraction of sp³-hybridized carbons (Fsp3) is 0.500. The van der Waals surface area contributed by atoms with E-state index in [4.69, 9.17) is 5.73 Å². The molecule has 0 saturated carbocycles. The van der Waals surface area contributed by atoms with Crippen LogP contribution in [0.2, 0.25) is 0 Å². The first kappa shape index (κ1) is 14.0. The van der Waals surface area contributed by atoms with Gasteiger partial charge in [0.05, 0.1) is 6.54 Å². The molecule has 0 unspecified atom stereocenters. The summed E-state index contributed by atoms with van der Waals surface area (Å²) in [5.41, 5.74) is 6.35. The molecule has 0 amide bonds. The second-order valence-electron chi connectivity index (χ2n) is 3.92. The first-order valence-corrected chi connectivity index (χ1v) is 5.54. The Balaban J connectivity index is 2.44. The maximum absolute atomic E-state index is 12.3. The van der Waals surface area contributed by atoms with Crippen molar-refractivity contribution < 1.29 is 13.2 Å². The second kappa shape index (κ2) is 6.61. The van der Waals surface area contributed by atoms with Crippen LogP contribution in [-0.2, 0) is 6.42 Å². The van der Waals surface area contributed by atoms with E-state index in [9.17, 15) is 13.2 Å². The molecule has 0 spiro atoms. The van der Waals surface area contributed by atoms with Crippen LogP contribution in [0.25, 0.3) is 0 Å². The molecule has 0 aromatic heterocycles. The third-order valence-electron chi connectivity index (χ3n) is 2.41. The van der Waals surface area contributed by atoms with Crippen LogP contribution in [0.1, 0.15) is 5.56 Å². The van der Waals surface area contributed by atoms with E-state index in [1.807, 2.05) is 30.3 Å². The minimum atomic E-state index is -4.16. The van der Waals surface area contributed by atoms with E-state index in [0.29, 0.717) is 13.0 Å². The molecular weight excluding hydrogens is 229 g/mol. The zero-order valence-electron chi connectivity index (χ0n) is 9.58. The third-order valence-corrected chi connectivity index (χ3v) is 2.41. The highest BCUT2D eigenvalue weighted by Gasteiger charge is 2.30. The highest BCUT2D eigenvalue weighted by molar-refractivity contribution is 5.14. The molecule has 0 aliphatic carbocycles. The standard InChI is InChI=1S/C12H17F3N2/c13-12(14,15)10-17(9-7-16)8-6-11-4-2-1-3-5-11/h1-5H,6-10,16H2. The predicted octanol–water partition coefficient (Wildman–Crippen LogP) is 2.05. The molecule has 17 heavy (non-hydrogen) atoms. The van der Waals surface area contributed by atoms with Crippen LogP contribution in [0.3, 0.4) is 0 Å². The van der Waals surface area contributed by atoms with Gasteiger partial charge in [0.15, 0.2) is 0 Å². The number of hydrogen-bond acceptors (Lipinski definition) is 2. The highest BCUT2D eigenvalue weighted by atomic mass is 19.4. The molecule has 0 fully saturated rings. The smallest absolute Gasteiger partial charge is 0.329 e. The van der Waals surface area contributed by atoms with E-state index < -0.39 is 12.7 Å². The molecule has 0 atom stereocenters. The Morgan fingerprint density at radius 1 is 1.06 bits per heavy atom. The number of benzene rings is 1. The summed E-state index contributed by atoms with van der Waals surface area (Å²) < 4.78 is 36.8. The highest BCUT2D eigenvalue weighted by Crippen LogP contribution is 2.16. The van der Waals surface area contributed by atoms with Gasteiger partial charge < -0.3 is 5.73 Å². The summed E-state index contributed by atoms with van der Waals surface area (Å²) in [6, 6.07) is 9.47. The van der Waals surface area contributed by atoms with Gasteiger partial charge in [0.1, 0.15) is 0 Å². The number of halogens is 3. The monoisotopic (exact) mass is 246 g/mol. The van der Waals surface area contributed by atoms with Crippen molar-refractivity contribution in [3.63, 3.8) is 0 Å². The fourth-order valence-corrected chi connectivity index (χ4v) is 1.64. The van der Waals surface area contributed by atoms with Crippen LogP contribution < -0.4 is 5.73 Å². The molecule has 2 N–H and O–H groups in total. The minimum Gasteiger partial charge on any atom is -0.329 e. The normalized spacial score (nSPS) is 12.1. The molecular formula is C12H17F3N2. The predicted molar refractivity (Wildman–Crippen MR) is 61.7 cm³/mol. The van der Waals surface area contributed by atoms with E-state index in [1.165, 1.54) is 4.90 Å². The minimum absolute atomic E-state index is 0.241. The lowest BCUT2D eigenvalue weighted by atomic mass is 10.1. The first-order chi connectivity index (χ1) is 8.01. The maximum Gasteiger partial charge on any atom is 0.401 e. The molecule has 1 aromatic carbocycles. The third kappa shape index (κ3) is 6.28. The summed E-state index contributed by atoms with van der Waals surface area (Å²) in [5, 5.41) is 0. The van der Waals surface area contributed by atoms with Gasteiger partial charge in [0.2, 0.25) is 0 Å². The molecule has 0 aliphatic rings. The molecule has 0 aliphatic heterocycles. The fourth-order valence-electron chi connectivity index (χ4n) is 1.64. The molecule has 0 bridgehead atoms. The van der Waals surface area contributed by atoms with Gasteiger partial charge in [0.25, 0.3) is 0 Å². The van der Waals surface area contributed by atoms with Gasteiger partial charge in [-0.15, -0.1) is 0 Å². The van der Waals surface area contributed by atoms with Gasteiger partial charge in [-0.3, -0.25) is 4.90 Å². The van der Waals surface area contributed by atoms with Crippen LogP contribution in [0.15, 0.2) is 30.3 Å². The van der Waals surface area contributed by atoms with E-state index in [-0.39, 0.29) is 13.1 Å². The van der Waals surface area contributed by atoms with Crippen LogP contribution in [0.5, 0.6) is 0 Å². The zero-order valence-corrected chi connectivity index (χ0v) is 9.58. The summed E-state index contributed by atoms with van der Waals surface area (Å²) in [5.74, 6) is 0. The van der Waals surface area contributed by atoms with Gasteiger partial charge in [-0.1, -0.05) is 30.3 Å². The molecule has 5 heteroatoms.